The molecular weight excluding hydrogens is 358 g/mol. The number of amides is 1. The largest absolute Gasteiger partial charge is 0.481 e. The summed E-state index contributed by atoms with van der Waals surface area (Å²) in [6.45, 7) is 1.32. The first-order chi connectivity index (χ1) is 9.97. The number of likely N-dealkylation sites (tertiary alicyclic amines) is 1. The van der Waals surface area contributed by atoms with Gasteiger partial charge in [-0.2, -0.15) is 0 Å². The molecule has 6 heteroatoms. The number of hydrogen-bond acceptors (Lipinski definition) is 2. The highest BCUT2D eigenvalue weighted by Crippen LogP contribution is 2.26. The maximum absolute atomic E-state index is 12.5. The molecule has 0 bridgehead atoms. The maximum Gasteiger partial charge on any atom is 0.303 e. The van der Waals surface area contributed by atoms with Gasteiger partial charge in [-0.1, -0.05) is 27.5 Å². The van der Waals surface area contributed by atoms with Gasteiger partial charge in [-0.15, -0.1) is 0 Å². The Morgan fingerprint density at radius 2 is 2.00 bits per heavy atom. The van der Waals surface area contributed by atoms with E-state index in [0.29, 0.717) is 36.0 Å². The van der Waals surface area contributed by atoms with Crippen LogP contribution in [0.4, 0.5) is 0 Å². The number of carboxylic acid groups (broad SMARTS) is 1. The van der Waals surface area contributed by atoms with Crippen LogP contribution in [0.5, 0.6) is 0 Å². The molecule has 1 aromatic carbocycles. The molecule has 21 heavy (non-hydrogen) atoms. The standard InChI is InChI=1S/C15H17BrClNO3/c16-11-2-3-13(17)12(9-11)15(21)18-7-5-10(6-8-18)1-4-14(19)20/h2-3,9-10H,1,4-8H2,(H,19,20). The molecule has 1 heterocycles. The lowest BCUT2D eigenvalue weighted by Gasteiger charge is -2.32. The molecule has 1 saturated heterocycles. The van der Waals surface area contributed by atoms with Gasteiger partial charge in [0.25, 0.3) is 5.91 Å². The predicted octanol–water partition coefficient (Wildman–Crippen LogP) is 3.82. The molecule has 1 amide bonds. The summed E-state index contributed by atoms with van der Waals surface area (Å²) in [5.41, 5.74) is 0.509. The molecule has 1 N–H and O–H groups in total. The molecule has 0 unspecified atom stereocenters. The van der Waals surface area contributed by atoms with Gasteiger partial charge < -0.3 is 10.0 Å². The number of nitrogens with zero attached hydrogens (tertiary/aromatic N) is 1. The van der Waals surface area contributed by atoms with Gasteiger partial charge in [0.1, 0.15) is 0 Å². The van der Waals surface area contributed by atoms with E-state index < -0.39 is 5.97 Å². The summed E-state index contributed by atoms with van der Waals surface area (Å²) in [6.07, 6.45) is 2.60. The Hall–Kier alpha value is -1.07. The molecule has 1 aliphatic rings. The number of aliphatic carboxylic acids is 1. The zero-order valence-corrected chi connectivity index (χ0v) is 13.9. The molecule has 114 valence electrons. The van der Waals surface area contributed by atoms with Gasteiger partial charge in [-0.05, 0) is 43.4 Å². The smallest absolute Gasteiger partial charge is 0.303 e. The van der Waals surface area contributed by atoms with Crippen LogP contribution in [-0.2, 0) is 4.79 Å². The van der Waals surface area contributed by atoms with E-state index in [-0.39, 0.29) is 12.3 Å². The van der Waals surface area contributed by atoms with Crippen molar-refractivity contribution in [2.45, 2.75) is 25.7 Å². The average molecular weight is 375 g/mol. The summed E-state index contributed by atoms with van der Waals surface area (Å²) in [6, 6.07) is 5.25. The van der Waals surface area contributed by atoms with Crippen molar-refractivity contribution >= 4 is 39.4 Å². The SMILES string of the molecule is O=C(O)CCC1CCN(C(=O)c2cc(Br)ccc2Cl)CC1. The van der Waals surface area contributed by atoms with Crippen molar-refractivity contribution in [3.8, 4) is 0 Å². The highest BCUT2D eigenvalue weighted by Gasteiger charge is 2.25. The summed E-state index contributed by atoms with van der Waals surface area (Å²) in [4.78, 5) is 24.9. The molecule has 0 atom stereocenters. The first kappa shape index (κ1) is 16.3. The molecule has 0 aliphatic carbocycles. The minimum atomic E-state index is -0.755. The molecular formula is C15H17BrClNO3. The van der Waals surface area contributed by atoms with Crippen molar-refractivity contribution in [2.24, 2.45) is 5.92 Å². The summed E-state index contributed by atoms with van der Waals surface area (Å²) >= 11 is 9.44. The van der Waals surface area contributed by atoms with E-state index in [0.717, 1.165) is 17.3 Å². The number of rotatable bonds is 4. The van der Waals surface area contributed by atoms with Crippen LogP contribution in [0, 0.1) is 5.92 Å². The Morgan fingerprint density at radius 1 is 1.33 bits per heavy atom. The van der Waals surface area contributed by atoms with Gasteiger partial charge in [0.05, 0.1) is 10.6 Å². The van der Waals surface area contributed by atoms with Crippen molar-refractivity contribution < 1.29 is 14.7 Å². The second-order valence-corrected chi connectivity index (χ2v) is 6.62. The van der Waals surface area contributed by atoms with Crippen molar-refractivity contribution in [1.29, 1.82) is 0 Å². The second-order valence-electron chi connectivity index (χ2n) is 5.29. The first-order valence-corrected chi connectivity index (χ1v) is 8.10. The Labute approximate surface area is 137 Å². The van der Waals surface area contributed by atoms with Crippen molar-refractivity contribution in [3.05, 3.63) is 33.3 Å². The zero-order chi connectivity index (χ0) is 15.4. The highest BCUT2D eigenvalue weighted by molar-refractivity contribution is 9.10. The van der Waals surface area contributed by atoms with Gasteiger partial charge in [0.2, 0.25) is 0 Å². The topological polar surface area (TPSA) is 57.6 Å². The van der Waals surface area contributed by atoms with Crippen LogP contribution in [-0.4, -0.2) is 35.0 Å². The van der Waals surface area contributed by atoms with Crippen LogP contribution < -0.4 is 0 Å². The van der Waals surface area contributed by atoms with Gasteiger partial charge in [0, 0.05) is 24.0 Å². The van der Waals surface area contributed by atoms with Gasteiger partial charge in [-0.25, -0.2) is 0 Å². The highest BCUT2D eigenvalue weighted by atomic mass is 79.9. The van der Waals surface area contributed by atoms with Crippen LogP contribution >= 0.6 is 27.5 Å². The lowest BCUT2D eigenvalue weighted by Crippen LogP contribution is -2.38. The molecule has 0 radical (unpaired) electrons. The normalized spacial score (nSPS) is 16.0. The number of carboxylic acids is 1. The Morgan fingerprint density at radius 3 is 2.62 bits per heavy atom. The van der Waals surface area contributed by atoms with Crippen LogP contribution in [0.2, 0.25) is 5.02 Å². The third-order valence-corrected chi connectivity index (χ3v) is 4.65. The minimum Gasteiger partial charge on any atom is -0.481 e. The molecule has 4 nitrogen and oxygen atoms in total. The maximum atomic E-state index is 12.5. The second kappa shape index (κ2) is 7.27. The molecule has 1 fully saturated rings. The quantitative estimate of drug-likeness (QED) is 0.871. The Balaban J connectivity index is 1.94. The lowest BCUT2D eigenvalue weighted by molar-refractivity contribution is -0.137. The number of carbonyl (C=O) groups is 2. The van der Waals surface area contributed by atoms with E-state index in [9.17, 15) is 9.59 Å². The van der Waals surface area contributed by atoms with Crippen molar-refractivity contribution in [1.82, 2.24) is 4.90 Å². The Kier molecular flexibility index (Phi) is 5.65. The summed E-state index contributed by atoms with van der Waals surface area (Å²) in [7, 11) is 0. The van der Waals surface area contributed by atoms with E-state index in [2.05, 4.69) is 15.9 Å². The van der Waals surface area contributed by atoms with E-state index in [4.69, 9.17) is 16.7 Å². The third-order valence-electron chi connectivity index (χ3n) is 3.83. The fraction of sp³-hybridized carbons (Fsp3) is 0.467. The summed E-state index contributed by atoms with van der Waals surface area (Å²) in [5.74, 6) is -0.421. The summed E-state index contributed by atoms with van der Waals surface area (Å²) in [5, 5.41) is 9.16. The number of carbonyl (C=O) groups excluding carboxylic acids is 1. The molecule has 0 spiro atoms. The van der Waals surface area contributed by atoms with Crippen LogP contribution in [0.15, 0.2) is 22.7 Å². The van der Waals surface area contributed by atoms with Crippen LogP contribution in [0.25, 0.3) is 0 Å². The van der Waals surface area contributed by atoms with E-state index in [1.54, 1.807) is 23.1 Å². The predicted molar refractivity (Wildman–Crippen MR) is 84.6 cm³/mol. The molecule has 2 rings (SSSR count). The number of benzene rings is 1. The molecule has 0 aromatic heterocycles. The van der Waals surface area contributed by atoms with Gasteiger partial charge in [0.15, 0.2) is 0 Å². The fourth-order valence-corrected chi connectivity index (χ4v) is 3.14. The number of halogens is 2. The first-order valence-electron chi connectivity index (χ1n) is 6.93. The number of hydrogen-bond donors (Lipinski definition) is 1. The zero-order valence-electron chi connectivity index (χ0n) is 11.5. The molecule has 0 saturated carbocycles. The van der Waals surface area contributed by atoms with Crippen molar-refractivity contribution in [2.75, 3.05) is 13.1 Å². The van der Waals surface area contributed by atoms with Gasteiger partial charge >= 0.3 is 5.97 Å². The average Bonchev–Trinajstić information content (AvgIpc) is 2.47. The minimum absolute atomic E-state index is 0.0574. The van der Waals surface area contributed by atoms with Gasteiger partial charge in [-0.3, -0.25) is 9.59 Å². The monoisotopic (exact) mass is 373 g/mol. The fourth-order valence-electron chi connectivity index (χ4n) is 2.58. The van der Waals surface area contributed by atoms with E-state index in [1.807, 2.05) is 0 Å². The Bertz CT molecular complexity index is 542. The van der Waals surface area contributed by atoms with Crippen molar-refractivity contribution in [3.63, 3.8) is 0 Å². The summed E-state index contributed by atoms with van der Waals surface area (Å²) < 4.78 is 0.826. The van der Waals surface area contributed by atoms with Crippen LogP contribution in [0.3, 0.4) is 0 Å². The molecule has 1 aliphatic heterocycles. The lowest BCUT2D eigenvalue weighted by atomic mass is 9.92. The van der Waals surface area contributed by atoms with E-state index in [1.165, 1.54) is 0 Å². The molecule has 1 aromatic rings. The van der Waals surface area contributed by atoms with Crippen LogP contribution in [0.1, 0.15) is 36.0 Å². The number of piperidine rings is 1. The van der Waals surface area contributed by atoms with E-state index >= 15 is 0 Å². The third kappa shape index (κ3) is 4.45.